The largest absolute Gasteiger partial charge is 0.388 e. The summed E-state index contributed by atoms with van der Waals surface area (Å²) in [5, 5.41) is 11.2. The van der Waals surface area contributed by atoms with E-state index in [0.29, 0.717) is 11.6 Å². The molecule has 0 bridgehead atoms. The number of halogens is 2. The molecule has 2 unspecified atom stereocenters. The zero-order valence-electron chi connectivity index (χ0n) is 11.2. The van der Waals surface area contributed by atoms with Gasteiger partial charge in [0.05, 0.1) is 6.10 Å². The van der Waals surface area contributed by atoms with Gasteiger partial charge < -0.3 is 10.8 Å². The Hall–Kier alpha value is -0.870. The summed E-state index contributed by atoms with van der Waals surface area (Å²) in [6, 6.07) is 13.5. The SMILES string of the molecule is Cc1ccc(C(CN)C(O)c2cc(Cl)ccc2Br)cc1. The van der Waals surface area contributed by atoms with Gasteiger partial charge in [0.2, 0.25) is 0 Å². The van der Waals surface area contributed by atoms with E-state index < -0.39 is 6.10 Å². The van der Waals surface area contributed by atoms with Gasteiger partial charge in [-0.3, -0.25) is 0 Å². The predicted octanol–water partition coefficient (Wildman–Crippen LogP) is 4.19. The molecule has 2 rings (SSSR count). The minimum absolute atomic E-state index is 0.162. The molecule has 0 fully saturated rings. The maximum absolute atomic E-state index is 10.6. The summed E-state index contributed by atoms with van der Waals surface area (Å²) in [5.74, 6) is -0.162. The highest BCUT2D eigenvalue weighted by Crippen LogP contribution is 2.35. The summed E-state index contributed by atoms with van der Waals surface area (Å²) in [6.45, 7) is 2.40. The first-order valence-corrected chi connectivity index (χ1v) is 7.59. The van der Waals surface area contributed by atoms with Crippen molar-refractivity contribution in [3.8, 4) is 0 Å². The lowest BCUT2D eigenvalue weighted by Crippen LogP contribution is -2.20. The third-order valence-electron chi connectivity index (χ3n) is 3.42. The van der Waals surface area contributed by atoms with E-state index in [1.165, 1.54) is 5.56 Å². The average Bonchev–Trinajstić information content (AvgIpc) is 2.44. The van der Waals surface area contributed by atoms with Gasteiger partial charge >= 0.3 is 0 Å². The summed E-state index contributed by atoms with van der Waals surface area (Å²) in [6.07, 6.45) is -0.698. The molecular formula is C16H17BrClNO. The van der Waals surface area contributed by atoms with Crippen molar-refractivity contribution in [2.75, 3.05) is 6.54 Å². The van der Waals surface area contributed by atoms with E-state index in [2.05, 4.69) is 15.9 Å². The van der Waals surface area contributed by atoms with Crippen LogP contribution in [-0.4, -0.2) is 11.7 Å². The first-order chi connectivity index (χ1) is 9.52. The highest BCUT2D eigenvalue weighted by molar-refractivity contribution is 9.10. The Balaban J connectivity index is 2.35. The molecule has 0 heterocycles. The molecule has 0 radical (unpaired) electrons. The Morgan fingerprint density at radius 2 is 1.85 bits per heavy atom. The molecule has 4 heteroatoms. The number of aryl methyl sites for hydroxylation is 1. The van der Waals surface area contributed by atoms with Gasteiger partial charge in [-0.2, -0.15) is 0 Å². The highest BCUT2D eigenvalue weighted by Gasteiger charge is 2.23. The molecule has 0 aliphatic rings. The summed E-state index contributed by atoms with van der Waals surface area (Å²) >= 11 is 9.47. The fourth-order valence-electron chi connectivity index (χ4n) is 2.22. The lowest BCUT2D eigenvalue weighted by molar-refractivity contribution is 0.146. The molecule has 0 spiro atoms. The number of hydrogen-bond acceptors (Lipinski definition) is 2. The van der Waals surface area contributed by atoms with E-state index in [0.717, 1.165) is 15.6 Å². The van der Waals surface area contributed by atoms with Crippen LogP contribution in [0.1, 0.15) is 28.7 Å². The van der Waals surface area contributed by atoms with Crippen molar-refractivity contribution in [1.29, 1.82) is 0 Å². The quantitative estimate of drug-likeness (QED) is 0.865. The Kier molecular flexibility index (Phi) is 5.22. The maximum atomic E-state index is 10.6. The monoisotopic (exact) mass is 353 g/mol. The summed E-state index contributed by atoms with van der Waals surface area (Å²) in [4.78, 5) is 0. The van der Waals surface area contributed by atoms with Gasteiger partial charge in [-0.1, -0.05) is 57.4 Å². The molecule has 106 valence electrons. The van der Waals surface area contributed by atoms with E-state index >= 15 is 0 Å². The van der Waals surface area contributed by atoms with E-state index in [1.54, 1.807) is 12.1 Å². The second-order valence-electron chi connectivity index (χ2n) is 4.86. The Bertz CT molecular complexity index is 586. The Morgan fingerprint density at radius 1 is 1.20 bits per heavy atom. The summed E-state index contributed by atoms with van der Waals surface area (Å²) < 4.78 is 0.833. The minimum Gasteiger partial charge on any atom is -0.388 e. The predicted molar refractivity (Wildman–Crippen MR) is 87.1 cm³/mol. The van der Waals surface area contributed by atoms with Crippen LogP contribution in [-0.2, 0) is 0 Å². The number of aliphatic hydroxyl groups excluding tert-OH is 1. The topological polar surface area (TPSA) is 46.2 Å². The van der Waals surface area contributed by atoms with Crippen molar-refractivity contribution >= 4 is 27.5 Å². The molecule has 2 nitrogen and oxygen atoms in total. The van der Waals surface area contributed by atoms with Crippen LogP contribution >= 0.6 is 27.5 Å². The van der Waals surface area contributed by atoms with Gasteiger partial charge in [0, 0.05) is 22.0 Å². The standard InChI is InChI=1S/C16H17BrClNO/c1-10-2-4-11(5-3-10)14(9-19)16(20)13-8-12(18)6-7-15(13)17/h2-8,14,16,20H,9,19H2,1H3. The van der Waals surface area contributed by atoms with Gasteiger partial charge in [-0.25, -0.2) is 0 Å². The van der Waals surface area contributed by atoms with Crippen molar-refractivity contribution in [2.24, 2.45) is 5.73 Å². The van der Waals surface area contributed by atoms with Crippen LogP contribution in [0.25, 0.3) is 0 Å². The molecular weight excluding hydrogens is 338 g/mol. The summed E-state index contributed by atoms with van der Waals surface area (Å²) in [7, 11) is 0. The zero-order chi connectivity index (χ0) is 14.7. The molecule has 0 aromatic heterocycles. The molecule has 2 atom stereocenters. The van der Waals surface area contributed by atoms with Crippen molar-refractivity contribution in [3.63, 3.8) is 0 Å². The molecule has 0 amide bonds. The maximum Gasteiger partial charge on any atom is 0.0882 e. The molecule has 3 N–H and O–H groups in total. The number of aliphatic hydroxyl groups is 1. The van der Waals surface area contributed by atoms with E-state index in [1.807, 2.05) is 37.3 Å². The van der Waals surface area contributed by atoms with Gasteiger partial charge in [-0.15, -0.1) is 0 Å². The van der Waals surface area contributed by atoms with Crippen LogP contribution in [0.4, 0.5) is 0 Å². The second kappa shape index (κ2) is 6.72. The lowest BCUT2D eigenvalue weighted by Gasteiger charge is -2.23. The summed E-state index contributed by atoms with van der Waals surface area (Å²) in [5.41, 5.74) is 8.83. The van der Waals surface area contributed by atoms with E-state index in [-0.39, 0.29) is 5.92 Å². The van der Waals surface area contributed by atoms with Gasteiger partial charge in [0.1, 0.15) is 0 Å². The van der Waals surface area contributed by atoms with Crippen molar-refractivity contribution < 1.29 is 5.11 Å². The molecule has 0 saturated carbocycles. The lowest BCUT2D eigenvalue weighted by atomic mass is 9.89. The minimum atomic E-state index is -0.698. The van der Waals surface area contributed by atoms with Gasteiger partial charge in [0.25, 0.3) is 0 Å². The highest BCUT2D eigenvalue weighted by atomic mass is 79.9. The van der Waals surface area contributed by atoms with Crippen LogP contribution in [0.5, 0.6) is 0 Å². The van der Waals surface area contributed by atoms with Crippen LogP contribution in [0, 0.1) is 6.92 Å². The first-order valence-electron chi connectivity index (χ1n) is 6.42. The smallest absolute Gasteiger partial charge is 0.0882 e. The van der Waals surface area contributed by atoms with Crippen LogP contribution in [0.15, 0.2) is 46.9 Å². The number of hydrogen-bond donors (Lipinski definition) is 2. The molecule has 2 aromatic rings. The van der Waals surface area contributed by atoms with Crippen LogP contribution < -0.4 is 5.73 Å². The zero-order valence-corrected chi connectivity index (χ0v) is 13.5. The molecule has 0 saturated heterocycles. The third-order valence-corrected chi connectivity index (χ3v) is 4.37. The molecule has 0 aliphatic heterocycles. The van der Waals surface area contributed by atoms with Crippen molar-refractivity contribution in [1.82, 2.24) is 0 Å². The van der Waals surface area contributed by atoms with Gasteiger partial charge in [0.15, 0.2) is 0 Å². The average molecular weight is 355 g/mol. The molecule has 2 aromatic carbocycles. The molecule has 0 aliphatic carbocycles. The number of rotatable bonds is 4. The van der Waals surface area contributed by atoms with Crippen LogP contribution in [0.2, 0.25) is 5.02 Å². The number of benzene rings is 2. The molecule has 20 heavy (non-hydrogen) atoms. The van der Waals surface area contributed by atoms with Crippen molar-refractivity contribution in [2.45, 2.75) is 18.9 Å². The first kappa shape index (κ1) is 15.5. The van der Waals surface area contributed by atoms with Crippen LogP contribution in [0.3, 0.4) is 0 Å². The van der Waals surface area contributed by atoms with E-state index in [9.17, 15) is 5.11 Å². The number of nitrogens with two attached hydrogens (primary N) is 1. The fourth-order valence-corrected chi connectivity index (χ4v) is 2.88. The Labute approximate surface area is 132 Å². The van der Waals surface area contributed by atoms with Gasteiger partial charge in [-0.05, 0) is 36.2 Å². The fraction of sp³-hybridized carbons (Fsp3) is 0.250. The normalized spacial score (nSPS) is 14.1. The second-order valence-corrected chi connectivity index (χ2v) is 6.15. The van der Waals surface area contributed by atoms with Crippen molar-refractivity contribution in [3.05, 3.63) is 68.7 Å². The van der Waals surface area contributed by atoms with E-state index in [4.69, 9.17) is 17.3 Å². The Morgan fingerprint density at radius 3 is 2.45 bits per heavy atom. The third kappa shape index (κ3) is 3.41.